The lowest BCUT2D eigenvalue weighted by atomic mass is 10.1. The summed E-state index contributed by atoms with van der Waals surface area (Å²) in [7, 11) is 0. The number of aliphatic hydroxyl groups is 2. The zero-order valence-electron chi connectivity index (χ0n) is 7.87. The van der Waals surface area contributed by atoms with Gasteiger partial charge in [0.2, 0.25) is 6.08 Å². The van der Waals surface area contributed by atoms with E-state index in [-0.39, 0.29) is 5.75 Å². The minimum absolute atomic E-state index is 0.176. The van der Waals surface area contributed by atoms with Crippen molar-refractivity contribution in [1.29, 1.82) is 0 Å². The third-order valence-electron chi connectivity index (χ3n) is 1.96. The maximum absolute atomic E-state index is 9.96. The average molecular weight is 225 g/mol. The number of hydrogen-bond acceptors (Lipinski definition) is 5. The number of isocyanates is 1. The van der Waals surface area contributed by atoms with E-state index in [2.05, 4.69) is 17.6 Å². The minimum Gasteiger partial charge on any atom is -0.389 e. The molecule has 0 amide bonds. The molecule has 5 heteroatoms. The molecule has 2 unspecified atom stereocenters. The fourth-order valence-electron chi connectivity index (χ4n) is 1.12. The molecule has 0 aliphatic heterocycles. The Balaban J connectivity index is 2.83. The van der Waals surface area contributed by atoms with Crippen molar-refractivity contribution < 1.29 is 15.0 Å². The zero-order valence-corrected chi connectivity index (χ0v) is 8.76. The summed E-state index contributed by atoms with van der Waals surface area (Å²) in [6.45, 7) is 0. The molecule has 0 heterocycles. The second kappa shape index (κ2) is 5.68. The van der Waals surface area contributed by atoms with Gasteiger partial charge in [-0.3, -0.25) is 0 Å². The topological polar surface area (TPSA) is 69.9 Å². The van der Waals surface area contributed by atoms with E-state index < -0.39 is 12.2 Å². The van der Waals surface area contributed by atoms with Crippen LogP contribution in [0.3, 0.4) is 0 Å². The van der Waals surface area contributed by atoms with Crippen LogP contribution in [0.5, 0.6) is 0 Å². The molecule has 0 aliphatic rings. The van der Waals surface area contributed by atoms with Crippen LogP contribution in [0, 0.1) is 0 Å². The molecule has 1 rings (SSSR count). The molecule has 0 aliphatic carbocycles. The van der Waals surface area contributed by atoms with Gasteiger partial charge in [-0.2, -0.15) is 17.6 Å². The Hall–Kier alpha value is -1.13. The molecule has 0 radical (unpaired) electrons. The first kappa shape index (κ1) is 11.9. The number of nitrogens with zero attached hydrogens (tertiary/aromatic N) is 1. The Morgan fingerprint density at radius 2 is 1.93 bits per heavy atom. The van der Waals surface area contributed by atoms with E-state index in [0.29, 0.717) is 11.3 Å². The summed E-state index contributed by atoms with van der Waals surface area (Å²) in [5.74, 6) is 0.176. The van der Waals surface area contributed by atoms with Crippen molar-refractivity contribution in [2.24, 2.45) is 4.99 Å². The van der Waals surface area contributed by atoms with Crippen molar-refractivity contribution >= 4 is 24.4 Å². The van der Waals surface area contributed by atoms with Gasteiger partial charge in [-0.05, 0) is 17.7 Å². The highest BCUT2D eigenvalue weighted by molar-refractivity contribution is 7.80. The summed E-state index contributed by atoms with van der Waals surface area (Å²) in [4.78, 5) is 13.4. The van der Waals surface area contributed by atoms with Crippen LogP contribution in [0.1, 0.15) is 11.7 Å². The maximum Gasteiger partial charge on any atom is 0.240 e. The van der Waals surface area contributed by atoms with Crippen LogP contribution in [0.4, 0.5) is 5.69 Å². The van der Waals surface area contributed by atoms with Crippen LogP contribution in [-0.2, 0) is 4.79 Å². The lowest BCUT2D eigenvalue weighted by Crippen LogP contribution is -2.19. The van der Waals surface area contributed by atoms with Gasteiger partial charge in [0.1, 0.15) is 6.10 Å². The molecular formula is C10H11NO3S. The lowest BCUT2D eigenvalue weighted by molar-refractivity contribution is 0.0338. The third kappa shape index (κ3) is 3.18. The van der Waals surface area contributed by atoms with E-state index in [1.54, 1.807) is 24.3 Å². The lowest BCUT2D eigenvalue weighted by Gasteiger charge is -2.15. The van der Waals surface area contributed by atoms with Crippen LogP contribution < -0.4 is 0 Å². The number of rotatable bonds is 4. The van der Waals surface area contributed by atoms with Gasteiger partial charge in [0, 0.05) is 5.75 Å². The standard InChI is InChI=1S/C10H11NO3S/c12-6-11-8-3-1-7(2-4-8)10(14)9(13)5-15/h1-4,9-10,13-15H,5H2. The van der Waals surface area contributed by atoms with Gasteiger partial charge in [-0.25, -0.2) is 4.79 Å². The van der Waals surface area contributed by atoms with Gasteiger partial charge < -0.3 is 10.2 Å². The Labute approximate surface area is 92.7 Å². The van der Waals surface area contributed by atoms with Gasteiger partial charge in [-0.1, -0.05) is 12.1 Å². The smallest absolute Gasteiger partial charge is 0.240 e. The molecule has 0 saturated heterocycles. The largest absolute Gasteiger partial charge is 0.389 e. The van der Waals surface area contributed by atoms with Crippen LogP contribution >= 0.6 is 12.6 Å². The summed E-state index contributed by atoms with van der Waals surface area (Å²) < 4.78 is 0. The fraction of sp³-hybridized carbons (Fsp3) is 0.300. The molecule has 2 N–H and O–H groups in total. The first-order chi connectivity index (χ1) is 7.19. The molecule has 0 bridgehead atoms. The normalized spacial score (nSPS) is 14.1. The number of carbonyl (C=O) groups excluding carboxylic acids is 1. The van der Waals surface area contributed by atoms with E-state index in [1.165, 1.54) is 6.08 Å². The predicted molar refractivity (Wildman–Crippen MR) is 59.0 cm³/mol. The van der Waals surface area contributed by atoms with E-state index >= 15 is 0 Å². The van der Waals surface area contributed by atoms with E-state index in [4.69, 9.17) is 0 Å². The highest BCUT2D eigenvalue weighted by atomic mass is 32.1. The summed E-state index contributed by atoms with van der Waals surface area (Å²) in [5.41, 5.74) is 1.02. The van der Waals surface area contributed by atoms with E-state index in [9.17, 15) is 15.0 Å². The molecule has 80 valence electrons. The molecule has 4 nitrogen and oxygen atoms in total. The fourth-order valence-corrected chi connectivity index (χ4v) is 1.32. The maximum atomic E-state index is 9.96. The number of benzene rings is 1. The Morgan fingerprint density at radius 3 is 2.40 bits per heavy atom. The number of aliphatic hydroxyl groups excluding tert-OH is 2. The van der Waals surface area contributed by atoms with Gasteiger partial charge in [0.05, 0.1) is 11.8 Å². The van der Waals surface area contributed by atoms with Crippen LogP contribution in [-0.4, -0.2) is 28.1 Å². The molecule has 0 saturated carbocycles. The summed E-state index contributed by atoms with van der Waals surface area (Å²) in [6.07, 6.45) is -0.466. The molecule has 1 aromatic carbocycles. The molecule has 0 aromatic heterocycles. The number of aliphatic imine (C=N–C) groups is 1. The minimum atomic E-state index is -0.975. The monoisotopic (exact) mass is 225 g/mol. The quantitative estimate of drug-likeness (QED) is 0.406. The van der Waals surface area contributed by atoms with Crippen molar-refractivity contribution in [2.45, 2.75) is 12.2 Å². The summed E-state index contributed by atoms with van der Waals surface area (Å²) in [6, 6.07) is 6.31. The average Bonchev–Trinajstić information content (AvgIpc) is 2.28. The van der Waals surface area contributed by atoms with Gasteiger partial charge in [0.25, 0.3) is 0 Å². The van der Waals surface area contributed by atoms with Crippen LogP contribution in [0.2, 0.25) is 0 Å². The van der Waals surface area contributed by atoms with Gasteiger partial charge in [-0.15, -0.1) is 0 Å². The molecular weight excluding hydrogens is 214 g/mol. The molecule has 0 spiro atoms. The van der Waals surface area contributed by atoms with Crippen molar-refractivity contribution in [1.82, 2.24) is 0 Å². The Bertz CT molecular complexity index is 359. The number of hydrogen-bond donors (Lipinski definition) is 3. The van der Waals surface area contributed by atoms with Crippen LogP contribution in [0.25, 0.3) is 0 Å². The van der Waals surface area contributed by atoms with Crippen LogP contribution in [0.15, 0.2) is 29.3 Å². The highest BCUT2D eigenvalue weighted by Gasteiger charge is 2.16. The second-order valence-corrected chi connectivity index (χ2v) is 3.35. The Morgan fingerprint density at radius 1 is 1.33 bits per heavy atom. The van der Waals surface area contributed by atoms with E-state index in [0.717, 1.165) is 0 Å². The SMILES string of the molecule is O=C=Nc1ccc(C(O)C(O)CS)cc1. The molecule has 15 heavy (non-hydrogen) atoms. The zero-order chi connectivity index (χ0) is 11.3. The molecule has 1 aromatic rings. The second-order valence-electron chi connectivity index (χ2n) is 2.99. The summed E-state index contributed by atoms with van der Waals surface area (Å²) >= 11 is 3.88. The summed E-state index contributed by atoms with van der Waals surface area (Å²) in [5, 5.41) is 18.9. The Kier molecular flexibility index (Phi) is 4.52. The van der Waals surface area contributed by atoms with Gasteiger partial charge in [0.15, 0.2) is 0 Å². The molecule has 0 fully saturated rings. The molecule has 2 atom stereocenters. The first-order valence-electron chi connectivity index (χ1n) is 4.34. The van der Waals surface area contributed by atoms with Crippen molar-refractivity contribution in [2.75, 3.05) is 5.75 Å². The highest BCUT2D eigenvalue weighted by Crippen LogP contribution is 2.20. The first-order valence-corrected chi connectivity index (χ1v) is 4.97. The van der Waals surface area contributed by atoms with E-state index in [1.807, 2.05) is 0 Å². The van der Waals surface area contributed by atoms with Gasteiger partial charge >= 0.3 is 0 Å². The van der Waals surface area contributed by atoms with Crippen molar-refractivity contribution in [3.05, 3.63) is 29.8 Å². The third-order valence-corrected chi connectivity index (χ3v) is 2.33. The predicted octanol–water partition coefficient (Wildman–Crippen LogP) is 0.978. The number of thiol groups is 1. The van der Waals surface area contributed by atoms with Crippen molar-refractivity contribution in [3.8, 4) is 0 Å². The van der Waals surface area contributed by atoms with Crippen molar-refractivity contribution in [3.63, 3.8) is 0 Å².